The van der Waals surface area contributed by atoms with Crippen LogP contribution in [0.1, 0.15) is 11.5 Å². The van der Waals surface area contributed by atoms with Crippen molar-refractivity contribution in [2.75, 3.05) is 4.90 Å². The number of nitrogens with zero attached hydrogens (tertiary/aromatic N) is 5. The Bertz CT molecular complexity index is 3350. The number of fused-ring (bicyclic) bond motifs is 7. The summed E-state index contributed by atoms with van der Waals surface area (Å²) in [7, 11) is 0. The largest absolute Gasteiger partial charge is 0.307 e. The third-order valence-corrected chi connectivity index (χ3v) is 12.4. The Morgan fingerprint density at radius 2 is 0.919 bits per heavy atom. The minimum absolute atomic E-state index is 0.0431. The van der Waals surface area contributed by atoms with Crippen LogP contribution in [0.4, 0.5) is 11.6 Å². The van der Waals surface area contributed by atoms with Crippen LogP contribution in [0.2, 0.25) is 0 Å². The fourth-order valence-corrected chi connectivity index (χ4v) is 9.45. The summed E-state index contributed by atoms with van der Waals surface area (Å²) in [6.07, 6.45) is 8.95. The van der Waals surface area contributed by atoms with Crippen molar-refractivity contribution in [3.8, 4) is 61.8 Å². The Kier molecular flexibility index (Phi) is 8.56. The van der Waals surface area contributed by atoms with Gasteiger partial charge in [-0.3, -0.25) is 0 Å². The van der Waals surface area contributed by atoms with Gasteiger partial charge >= 0.3 is 0 Å². The molecule has 2 atom stereocenters. The van der Waals surface area contributed by atoms with E-state index in [1.165, 1.54) is 38.6 Å². The van der Waals surface area contributed by atoms with E-state index >= 15 is 0 Å². The molecule has 0 amide bonds. The maximum atomic E-state index is 5.39. The standard InChI is InChI=1S/C57H39N5/c1-4-16-38(17-5-1)40-30-32-42(33-31-40)56-58-55(41-20-8-3-9-21-41)59-57(60-56)62-52-29-13-11-27-48(52)50-35-34-49-47-26-10-12-28-51(47)61(53(49)54(50)62)46-25-15-24-45(37-46)44-23-14-22-43(36-44)39-18-6-2-7-19-39/h1-37,48,52H. The van der Waals surface area contributed by atoms with Gasteiger partial charge in [-0.1, -0.05) is 200 Å². The molecule has 12 rings (SSSR count). The smallest absolute Gasteiger partial charge is 0.234 e. The van der Waals surface area contributed by atoms with Crippen LogP contribution in [0.3, 0.4) is 0 Å². The summed E-state index contributed by atoms with van der Waals surface area (Å²) in [4.78, 5) is 18.3. The van der Waals surface area contributed by atoms with Gasteiger partial charge in [0.25, 0.3) is 0 Å². The second-order valence-electron chi connectivity index (χ2n) is 16.0. The van der Waals surface area contributed by atoms with Crippen LogP contribution in [0.15, 0.2) is 224 Å². The molecule has 0 saturated carbocycles. The normalized spacial score (nSPS) is 15.3. The zero-order valence-electron chi connectivity index (χ0n) is 33.8. The number of para-hydroxylation sites is 1. The predicted molar refractivity (Wildman–Crippen MR) is 255 cm³/mol. The van der Waals surface area contributed by atoms with Crippen LogP contribution in [-0.2, 0) is 0 Å². The van der Waals surface area contributed by atoms with Crippen LogP contribution in [0, 0.1) is 0 Å². The highest BCUT2D eigenvalue weighted by atomic mass is 15.3. The van der Waals surface area contributed by atoms with Gasteiger partial charge in [-0.15, -0.1) is 0 Å². The highest BCUT2D eigenvalue weighted by Crippen LogP contribution is 2.52. The molecule has 10 aromatic rings. The SMILES string of the molecule is C1=CC2c3ccc4c5ccccc5n(-c5cccc(-c6cccc(-c7ccccc7)c6)c5)c4c3N(c3nc(-c4ccccc4)nc(-c4ccc(-c5ccccc5)cc4)n3)C2C=C1. The third kappa shape index (κ3) is 6.05. The Hall–Kier alpha value is -8.15. The van der Waals surface area contributed by atoms with Crippen LogP contribution < -0.4 is 4.90 Å². The summed E-state index contributed by atoms with van der Waals surface area (Å²) in [6, 6.07) is 71.0. The molecule has 62 heavy (non-hydrogen) atoms. The van der Waals surface area contributed by atoms with Crippen molar-refractivity contribution in [1.82, 2.24) is 19.5 Å². The second kappa shape index (κ2) is 14.8. The molecule has 0 bridgehead atoms. The number of hydrogen-bond acceptors (Lipinski definition) is 4. The van der Waals surface area contributed by atoms with Crippen molar-refractivity contribution >= 4 is 33.4 Å². The Morgan fingerprint density at radius 1 is 0.387 bits per heavy atom. The molecule has 0 spiro atoms. The third-order valence-electron chi connectivity index (χ3n) is 12.4. The minimum atomic E-state index is -0.0431. The number of benzene rings is 8. The van der Waals surface area contributed by atoms with E-state index in [4.69, 9.17) is 15.0 Å². The molecule has 2 aliphatic rings. The lowest BCUT2D eigenvalue weighted by molar-refractivity contribution is 0.728. The lowest BCUT2D eigenvalue weighted by Crippen LogP contribution is -2.30. The average molecular weight is 794 g/mol. The number of anilines is 2. The van der Waals surface area contributed by atoms with E-state index in [-0.39, 0.29) is 12.0 Å². The van der Waals surface area contributed by atoms with Gasteiger partial charge < -0.3 is 9.47 Å². The van der Waals surface area contributed by atoms with E-state index in [0.717, 1.165) is 44.7 Å². The molecule has 0 radical (unpaired) electrons. The topological polar surface area (TPSA) is 46.8 Å². The molecule has 292 valence electrons. The number of aromatic nitrogens is 4. The quantitative estimate of drug-likeness (QED) is 0.161. The van der Waals surface area contributed by atoms with Crippen LogP contribution in [0.5, 0.6) is 0 Å². The van der Waals surface area contributed by atoms with Crippen LogP contribution >= 0.6 is 0 Å². The monoisotopic (exact) mass is 793 g/mol. The molecule has 2 unspecified atom stereocenters. The maximum Gasteiger partial charge on any atom is 0.234 e. The first-order valence-corrected chi connectivity index (χ1v) is 21.2. The van der Waals surface area contributed by atoms with Gasteiger partial charge in [-0.2, -0.15) is 9.97 Å². The van der Waals surface area contributed by atoms with E-state index < -0.39 is 0 Å². The van der Waals surface area contributed by atoms with E-state index in [1.54, 1.807) is 0 Å². The lowest BCUT2D eigenvalue weighted by atomic mass is 9.91. The van der Waals surface area contributed by atoms with Gasteiger partial charge in [0.1, 0.15) is 0 Å². The van der Waals surface area contributed by atoms with Gasteiger partial charge in [0.2, 0.25) is 5.95 Å². The van der Waals surface area contributed by atoms with Gasteiger partial charge in [0.15, 0.2) is 11.6 Å². The number of allylic oxidation sites excluding steroid dienone is 2. The Balaban J connectivity index is 1.07. The number of rotatable bonds is 7. The zero-order chi connectivity index (χ0) is 41.0. The average Bonchev–Trinajstić information content (AvgIpc) is 3.88. The minimum Gasteiger partial charge on any atom is -0.307 e. The number of hydrogen-bond donors (Lipinski definition) is 0. The summed E-state index contributed by atoms with van der Waals surface area (Å²) < 4.78 is 2.45. The first-order chi connectivity index (χ1) is 30.7. The van der Waals surface area contributed by atoms with Crippen molar-refractivity contribution in [1.29, 1.82) is 0 Å². The first kappa shape index (κ1) is 35.8. The predicted octanol–water partition coefficient (Wildman–Crippen LogP) is 14.0. The highest BCUT2D eigenvalue weighted by Gasteiger charge is 2.41. The van der Waals surface area contributed by atoms with E-state index in [2.05, 4.69) is 210 Å². The lowest BCUT2D eigenvalue weighted by Gasteiger charge is -2.27. The van der Waals surface area contributed by atoms with E-state index in [0.29, 0.717) is 17.6 Å². The van der Waals surface area contributed by atoms with Gasteiger partial charge in [0.05, 0.1) is 22.8 Å². The van der Waals surface area contributed by atoms with Crippen LogP contribution in [-0.4, -0.2) is 25.6 Å². The van der Waals surface area contributed by atoms with Gasteiger partial charge in [-0.05, 0) is 63.2 Å². The van der Waals surface area contributed by atoms with Crippen molar-refractivity contribution in [3.63, 3.8) is 0 Å². The maximum absolute atomic E-state index is 5.39. The molecule has 3 heterocycles. The van der Waals surface area contributed by atoms with E-state index in [1.807, 2.05) is 24.3 Å². The first-order valence-electron chi connectivity index (χ1n) is 21.2. The molecule has 8 aromatic carbocycles. The fourth-order valence-electron chi connectivity index (χ4n) is 9.45. The van der Waals surface area contributed by atoms with Crippen molar-refractivity contribution < 1.29 is 0 Å². The molecule has 0 fully saturated rings. The Labute approximate surface area is 360 Å². The summed E-state index contributed by atoms with van der Waals surface area (Å²) in [6.45, 7) is 0. The van der Waals surface area contributed by atoms with Gasteiger partial charge in [0, 0.05) is 33.5 Å². The van der Waals surface area contributed by atoms with E-state index in [9.17, 15) is 0 Å². The highest BCUT2D eigenvalue weighted by molar-refractivity contribution is 6.15. The molecular formula is C57H39N5. The van der Waals surface area contributed by atoms with Crippen LogP contribution in [0.25, 0.3) is 83.6 Å². The summed E-state index contributed by atoms with van der Waals surface area (Å²) in [5, 5.41) is 2.38. The molecule has 1 aliphatic heterocycles. The second-order valence-corrected chi connectivity index (χ2v) is 16.0. The molecule has 0 saturated heterocycles. The van der Waals surface area contributed by atoms with Crippen molar-refractivity contribution in [2.24, 2.45) is 0 Å². The molecule has 1 aliphatic carbocycles. The molecular weight excluding hydrogens is 755 g/mol. The molecule has 5 heteroatoms. The van der Waals surface area contributed by atoms with Crippen molar-refractivity contribution in [3.05, 3.63) is 230 Å². The zero-order valence-corrected chi connectivity index (χ0v) is 33.8. The fraction of sp³-hybridized carbons (Fsp3) is 0.0351. The van der Waals surface area contributed by atoms with Gasteiger partial charge in [-0.25, -0.2) is 4.98 Å². The summed E-state index contributed by atoms with van der Waals surface area (Å²) in [5.41, 5.74) is 14.6. The summed E-state index contributed by atoms with van der Waals surface area (Å²) in [5.74, 6) is 1.98. The van der Waals surface area contributed by atoms with Crippen molar-refractivity contribution in [2.45, 2.75) is 12.0 Å². The molecule has 2 aromatic heterocycles. The molecule has 0 N–H and O–H groups in total. The summed E-state index contributed by atoms with van der Waals surface area (Å²) >= 11 is 0. The Morgan fingerprint density at radius 3 is 1.65 bits per heavy atom. The molecule has 5 nitrogen and oxygen atoms in total.